The van der Waals surface area contributed by atoms with Gasteiger partial charge >= 0.3 is 36.2 Å². The molecule has 0 rings (SSSR count). The van der Waals surface area contributed by atoms with E-state index < -0.39 is 42.6 Å². The first-order chi connectivity index (χ1) is 9.65. The second-order valence-corrected chi connectivity index (χ2v) is 3.72. The molecule has 0 amide bonds. The average Bonchev–Trinajstić information content (AvgIpc) is 2.17. The normalized spacial score (nSPS) is 16.2. The van der Waals surface area contributed by atoms with Crippen molar-refractivity contribution in [2.45, 2.75) is 42.6 Å². The summed E-state index contributed by atoms with van der Waals surface area (Å²) in [4.78, 5) is 0. The molecule has 16 heteroatoms. The number of ether oxygens (including phenoxy) is 1. The van der Waals surface area contributed by atoms with E-state index in [-0.39, 0.29) is 0 Å². The molecule has 1 nitrogen and oxygen atoms in total. The first-order valence-corrected chi connectivity index (χ1v) is 4.59. The van der Waals surface area contributed by atoms with Crippen LogP contribution in [0.5, 0.6) is 0 Å². The van der Waals surface area contributed by atoms with Gasteiger partial charge in [0.1, 0.15) is 0 Å². The Bertz CT molecular complexity index is 380. The van der Waals surface area contributed by atoms with Gasteiger partial charge in [-0.25, -0.2) is 8.78 Å². The zero-order valence-electron chi connectivity index (χ0n) is 9.66. The summed E-state index contributed by atoms with van der Waals surface area (Å²) in [6.45, 7) is 0. The van der Waals surface area contributed by atoms with Gasteiger partial charge < -0.3 is 4.74 Å². The number of alkyl halides is 15. The Labute approximate surface area is 115 Å². The maximum absolute atomic E-state index is 12.9. The van der Waals surface area contributed by atoms with Gasteiger partial charge in [0.05, 0.1) is 0 Å². The monoisotopic (exact) mass is 386 g/mol. The van der Waals surface area contributed by atoms with Gasteiger partial charge in [0, 0.05) is 0 Å². The van der Waals surface area contributed by atoms with Gasteiger partial charge in [0.25, 0.3) is 6.43 Å². The summed E-state index contributed by atoms with van der Waals surface area (Å²) >= 11 is 0. The van der Waals surface area contributed by atoms with Gasteiger partial charge in [-0.15, -0.1) is 0 Å². The molecule has 0 saturated carbocycles. The largest absolute Gasteiger partial charge is 0.458 e. The van der Waals surface area contributed by atoms with Crippen molar-refractivity contribution in [3.8, 4) is 0 Å². The van der Waals surface area contributed by atoms with E-state index in [0.29, 0.717) is 0 Å². The summed E-state index contributed by atoms with van der Waals surface area (Å²) in [7, 11) is 0. The van der Waals surface area contributed by atoms with Crippen LogP contribution < -0.4 is 0 Å². The molecule has 0 spiro atoms. The van der Waals surface area contributed by atoms with Crippen molar-refractivity contribution in [1.29, 1.82) is 0 Å². The maximum atomic E-state index is 12.9. The quantitative estimate of drug-likeness (QED) is 0.626. The van der Waals surface area contributed by atoms with Crippen LogP contribution in [0.1, 0.15) is 0 Å². The lowest BCUT2D eigenvalue weighted by Gasteiger charge is -2.41. The molecule has 0 aromatic carbocycles. The van der Waals surface area contributed by atoms with Crippen molar-refractivity contribution >= 4 is 0 Å². The van der Waals surface area contributed by atoms with E-state index in [1.165, 1.54) is 4.74 Å². The molecule has 0 radical (unpaired) electrons. The van der Waals surface area contributed by atoms with Crippen molar-refractivity contribution in [2.75, 3.05) is 0 Å². The summed E-state index contributed by atoms with van der Waals surface area (Å²) in [5, 5.41) is 0. The first kappa shape index (κ1) is 21.9. The molecule has 0 aliphatic rings. The Kier molecular flexibility index (Phi) is 5.22. The van der Waals surface area contributed by atoms with E-state index in [4.69, 9.17) is 0 Å². The van der Waals surface area contributed by atoms with E-state index in [1.807, 2.05) is 0 Å². The molecule has 0 fully saturated rings. The summed E-state index contributed by atoms with van der Waals surface area (Å²) < 4.78 is 184. The standard InChI is InChI=1S/C7HF15O/c8-1(9)2(4(11,12)13,5(14,15)16)23-3(10,6(17,18)19)7(20,21)22/h1H. The van der Waals surface area contributed by atoms with Crippen LogP contribution in [-0.2, 0) is 4.74 Å². The Morgan fingerprint density at radius 3 is 0.870 bits per heavy atom. The average molecular weight is 386 g/mol. The maximum Gasteiger partial charge on any atom is 0.458 e. The SMILES string of the molecule is FC(F)C(OC(F)(C(F)(F)F)C(F)(F)F)(C(F)(F)F)C(F)(F)F. The highest BCUT2D eigenvalue weighted by Crippen LogP contribution is 2.57. The lowest BCUT2D eigenvalue weighted by atomic mass is 10.0. The molecule has 0 saturated heterocycles. The fraction of sp³-hybridized carbons (Fsp3) is 1.00. The molecular formula is C7HF15O. The van der Waals surface area contributed by atoms with Crippen LogP contribution in [0.2, 0.25) is 0 Å². The third-order valence-corrected chi connectivity index (χ3v) is 2.18. The molecule has 0 bridgehead atoms. The number of halogens is 15. The minimum absolute atomic E-state index is 1.43. The van der Waals surface area contributed by atoms with Crippen LogP contribution in [0, 0.1) is 0 Å². The molecule has 0 unspecified atom stereocenters. The first-order valence-electron chi connectivity index (χ1n) is 4.59. The minimum atomic E-state index is -7.67. The Morgan fingerprint density at radius 1 is 0.478 bits per heavy atom. The molecule has 23 heavy (non-hydrogen) atoms. The Hall–Kier alpha value is -1.09. The van der Waals surface area contributed by atoms with E-state index >= 15 is 0 Å². The number of hydrogen-bond acceptors (Lipinski definition) is 1. The van der Waals surface area contributed by atoms with E-state index in [2.05, 4.69) is 0 Å². The second kappa shape index (κ2) is 5.47. The van der Waals surface area contributed by atoms with Crippen molar-refractivity contribution in [3.63, 3.8) is 0 Å². The zero-order valence-corrected chi connectivity index (χ0v) is 9.66. The lowest BCUT2D eigenvalue weighted by molar-refractivity contribution is -0.511. The molecule has 0 aliphatic carbocycles. The highest BCUT2D eigenvalue weighted by atomic mass is 19.4. The predicted molar refractivity (Wildman–Crippen MR) is 37.9 cm³/mol. The second-order valence-electron chi connectivity index (χ2n) is 3.72. The smallest absolute Gasteiger partial charge is 0.302 e. The van der Waals surface area contributed by atoms with Crippen molar-refractivity contribution < 1.29 is 70.6 Å². The molecule has 0 atom stereocenters. The molecular weight excluding hydrogens is 385 g/mol. The minimum Gasteiger partial charge on any atom is -0.302 e. The third-order valence-electron chi connectivity index (χ3n) is 2.18. The molecule has 0 aliphatic heterocycles. The molecule has 0 heterocycles. The highest BCUT2D eigenvalue weighted by Gasteiger charge is 2.86. The summed E-state index contributed by atoms with van der Waals surface area (Å²) in [6.07, 6.45) is -36.4. The van der Waals surface area contributed by atoms with E-state index in [9.17, 15) is 65.9 Å². The number of rotatable bonds is 3. The molecule has 0 aromatic heterocycles. The summed E-state index contributed by atoms with van der Waals surface area (Å²) in [6, 6.07) is 0. The van der Waals surface area contributed by atoms with Crippen molar-refractivity contribution in [3.05, 3.63) is 0 Å². The summed E-state index contributed by atoms with van der Waals surface area (Å²) in [5.74, 6) is -7.67. The molecule has 0 aromatic rings. The van der Waals surface area contributed by atoms with E-state index in [0.717, 1.165) is 0 Å². The van der Waals surface area contributed by atoms with Crippen LogP contribution in [0.3, 0.4) is 0 Å². The van der Waals surface area contributed by atoms with Gasteiger partial charge in [-0.1, -0.05) is 0 Å². The van der Waals surface area contributed by atoms with Gasteiger partial charge in [-0.3, -0.25) is 0 Å². The van der Waals surface area contributed by atoms with Crippen LogP contribution in [0.4, 0.5) is 65.9 Å². The van der Waals surface area contributed by atoms with Crippen LogP contribution in [0.15, 0.2) is 0 Å². The fourth-order valence-electron chi connectivity index (χ4n) is 1.07. The Morgan fingerprint density at radius 2 is 0.739 bits per heavy atom. The Balaban J connectivity index is 6.59. The number of hydrogen-bond donors (Lipinski definition) is 0. The topological polar surface area (TPSA) is 9.23 Å². The highest BCUT2D eigenvalue weighted by molar-refractivity contribution is 5.02. The van der Waals surface area contributed by atoms with Crippen LogP contribution in [-0.4, -0.2) is 42.6 Å². The van der Waals surface area contributed by atoms with Crippen molar-refractivity contribution in [1.82, 2.24) is 0 Å². The molecule has 140 valence electrons. The molecule has 0 N–H and O–H groups in total. The van der Waals surface area contributed by atoms with Gasteiger partial charge in [0.15, 0.2) is 0 Å². The van der Waals surface area contributed by atoms with Gasteiger partial charge in [-0.05, 0) is 0 Å². The van der Waals surface area contributed by atoms with Gasteiger partial charge in [-0.2, -0.15) is 57.1 Å². The fourth-order valence-corrected chi connectivity index (χ4v) is 1.07. The lowest BCUT2D eigenvalue weighted by Crippen LogP contribution is -2.70. The van der Waals surface area contributed by atoms with Crippen LogP contribution in [0.25, 0.3) is 0 Å². The predicted octanol–water partition coefficient (Wildman–Crippen LogP) is 4.92. The third kappa shape index (κ3) is 3.40. The van der Waals surface area contributed by atoms with Gasteiger partial charge in [0.2, 0.25) is 0 Å². The van der Waals surface area contributed by atoms with Crippen molar-refractivity contribution in [2.24, 2.45) is 0 Å². The van der Waals surface area contributed by atoms with Crippen LogP contribution >= 0.6 is 0 Å². The summed E-state index contributed by atoms with van der Waals surface area (Å²) in [5.41, 5.74) is -7.38. The zero-order chi connectivity index (χ0) is 19.3. The van der Waals surface area contributed by atoms with E-state index in [1.54, 1.807) is 0 Å².